The number of hydrogen-bond donors (Lipinski definition) is 2. The molecule has 0 fully saturated rings. The summed E-state index contributed by atoms with van der Waals surface area (Å²) in [5, 5.41) is 11.8. The van der Waals surface area contributed by atoms with E-state index >= 15 is 0 Å². The third kappa shape index (κ3) is 4.32. The highest BCUT2D eigenvalue weighted by Crippen LogP contribution is 2.29. The molecule has 0 bridgehead atoms. The van der Waals surface area contributed by atoms with Crippen molar-refractivity contribution in [3.8, 4) is 0 Å². The largest absolute Gasteiger partial charge is 0.416 e. The summed E-state index contributed by atoms with van der Waals surface area (Å²) in [6, 6.07) is 4.44. The molecule has 6 heteroatoms. The maximum absolute atomic E-state index is 12.4. The van der Waals surface area contributed by atoms with Crippen LogP contribution < -0.4 is 5.32 Å². The summed E-state index contributed by atoms with van der Waals surface area (Å²) in [5.41, 5.74) is -0.197. The first-order chi connectivity index (χ1) is 9.88. The Morgan fingerprint density at radius 2 is 1.90 bits per heavy atom. The number of aliphatic hydroxyl groups is 1. The van der Waals surface area contributed by atoms with Crippen LogP contribution in [-0.2, 0) is 17.4 Å². The summed E-state index contributed by atoms with van der Waals surface area (Å²) in [6.07, 6.45) is -0.00906. The van der Waals surface area contributed by atoms with Crippen molar-refractivity contribution in [2.75, 3.05) is 6.61 Å². The van der Waals surface area contributed by atoms with Crippen LogP contribution in [0.25, 0.3) is 0 Å². The number of benzene rings is 1. The fourth-order valence-electron chi connectivity index (χ4n) is 2.27. The molecular weight excluding hydrogens is 283 g/mol. The second kappa shape index (κ2) is 6.30. The highest BCUT2D eigenvalue weighted by atomic mass is 19.4. The van der Waals surface area contributed by atoms with Crippen molar-refractivity contribution in [1.82, 2.24) is 5.32 Å². The molecule has 21 heavy (non-hydrogen) atoms. The summed E-state index contributed by atoms with van der Waals surface area (Å²) in [7, 11) is 0. The number of carbonyl (C=O) groups excluding carboxylic acids is 1. The van der Waals surface area contributed by atoms with E-state index in [2.05, 4.69) is 5.32 Å². The van der Waals surface area contributed by atoms with Crippen LogP contribution in [0.2, 0.25) is 0 Å². The Morgan fingerprint density at radius 3 is 2.43 bits per heavy atom. The molecule has 0 aromatic heterocycles. The van der Waals surface area contributed by atoms with Crippen molar-refractivity contribution in [2.24, 2.45) is 5.92 Å². The Bertz CT molecular complexity index is 523. The molecular formula is C15H16F3NO2. The van der Waals surface area contributed by atoms with E-state index in [0.717, 1.165) is 12.1 Å². The van der Waals surface area contributed by atoms with Crippen LogP contribution in [0.15, 0.2) is 36.4 Å². The predicted molar refractivity (Wildman–Crippen MR) is 71.4 cm³/mol. The van der Waals surface area contributed by atoms with E-state index in [9.17, 15) is 18.0 Å². The third-order valence-electron chi connectivity index (χ3n) is 3.40. The number of nitrogens with one attached hydrogen (secondary N) is 1. The van der Waals surface area contributed by atoms with Crippen LogP contribution in [0.3, 0.4) is 0 Å². The van der Waals surface area contributed by atoms with Gasteiger partial charge in [0.25, 0.3) is 0 Å². The topological polar surface area (TPSA) is 49.3 Å². The lowest BCUT2D eigenvalue weighted by Crippen LogP contribution is -2.34. The standard InChI is InChI=1S/C15H16F3NO2/c16-15(17,18)12-4-1-10(2-5-12)8-14(21)19-13-6-3-11(7-13)9-20/h1-6,11,13,20H,7-9H2,(H,19,21)/t11-,13+/m0/s1. The zero-order valence-electron chi connectivity index (χ0n) is 11.2. The fourth-order valence-corrected chi connectivity index (χ4v) is 2.27. The van der Waals surface area contributed by atoms with E-state index in [-0.39, 0.29) is 30.9 Å². The van der Waals surface area contributed by atoms with Gasteiger partial charge in [0.1, 0.15) is 0 Å². The first-order valence-corrected chi connectivity index (χ1v) is 6.63. The van der Waals surface area contributed by atoms with Crippen molar-refractivity contribution in [3.63, 3.8) is 0 Å². The zero-order chi connectivity index (χ0) is 15.5. The SMILES string of the molecule is O=C(Cc1ccc(C(F)(F)F)cc1)N[C@@H]1C=C[C@H](CO)C1. The van der Waals surface area contributed by atoms with Crippen molar-refractivity contribution in [2.45, 2.75) is 25.1 Å². The van der Waals surface area contributed by atoms with Crippen LogP contribution in [-0.4, -0.2) is 23.7 Å². The van der Waals surface area contributed by atoms with Gasteiger partial charge in [-0.3, -0.25) is 4.79 Å². The average molecular weight is 299 g/mol. The van der Waals surface area contributed by atoms with Gasteiger partial charge in [-0.15, -0.1) is 0 Å². The van der Waals surface area contributed by atoms with Crippen molar-refractivity contribution in [3.05, 3.63) is 47.5 Å². The van der Waals surface area contributed by atoms with Gasteiger partial charge in [0.2, 0.25) is 5.91 Å². The van der Waals surface area contributed by atoms with E-state index in [0.29, 0.717) is 12.0 Å². The average Bonchev–Trinajstić information content (AvgIpc) is 2.85. The normalized spacial score (nSPS) is 21.5. The van der Waals surface area contributed by atoms with Gasteiger partial charge in [-0.1, -0.05) is 24.3 Å². The zero-order valence-corrected chi connectivity index (χ0v) is 11.2. The lowest BCUT2D eigenvalue weighted by Gasteiger charge is -2.13. The van der Waals surface area contributed by atoms with E-state index < -0.39 is 11.7 Å². The monoisotopic (exact) mass is 299 g/mol. The summed E-state index contributed by atoms with van der Waals surface area (Å²) in [6.45, 7) is 0.0434. The fraction of sp³-hybridized carbons (Fsp3) is 0.400. The number of halogens is 3. The van der Waals surface area contributed by atoms with Crippen LogP contribution in [0, 0.1) is 5.92 Å². The van der Waals surface area contributed by atoms with Gasteiger partial charge in [-0.05, 0) is 24.1 Å². The maximum atomic E-state index is 12.4. The molecule has 0 saturated carbocycles. The Kier molecular flexibility index (Phi) is 4.67. The Balaban J connectivity index is 1.87. The molecule has 2 N–H and O–H groups in total. The van der Waals surface area contributed by atoms with Gasteiger partial charge < -0.3 is 10.4 Å². The summed E-state index contributed by atoms with van der Waals surface area (Å²) >= 11 is 0. The van der Waals surface area contributed by atoms with Gasteiger partial charge in [-0.2, -0.15) is 13.2 Å². The Labute approximate surface area is 120 Å². The van der Waals surface area contributed by atoms with Crippen molar-refractivity contribution >= 4 is 5.91 Å². The van der Waals surface area contributed by atoms with E-state index in [1.807, 2.05) is 12.2 Å². The van der Waals surface area contributed by atoms with Gasteiger partial charge in [0.05, 0.1) is 12.0 Å². The highest BCUT2D eigenvalue weighted by Gasteiger charge is 2.30. The summed E-state index contributed by atoms with van der Waals surface area (Å²) in [4.78, 5) is 11.8. The van der Waals surface area contributed by atoms with E-state index in [4.69, 9.17) is 5.11 Å². The molecule has 0 unspecified atom stereocenters. The Hall–Kier alpha value is -1.82. The van der Waals surface area contributed by atoms with Crippen LogP contribution >= 0.6 is 0 Å². The minimum atomic E-state index is -4.37. The van der Waals surface area contributed by atoms with Crippen molar-refractivity contribution in [1.29, 1.82) is 0 Å². The molecule has 1 aromatic rings. The third-order valence-corrected chi connectivity index (χ3v) is 3.40. The van der Waals surface area contributed by atoms with Gasteiger partial charge >= 0.3 is 6.18 Å². The van der Waals surface area contributed by atoms with E-state index in [1.165, 1.54) is 12.1 Å². The smallest absolute Gasteiger partial charge is 0.396 e. The first-order valence-electron chi connectivity index (χ1n) is 6.63. The van der Waals surface area contributed by atoms with E-state index in [1.54, 1.807) is 0 Å². The molecule has 114 valence electrons. The Morgan fingerprint density at radius 1 is 1.24 bits per heavy atom. The second-order valence-electron chi connectivity index (χ2n) is 5.11. The molecule has 2 atom stereocenters. The number of carbonyl (C=O) groups is 1. The summed E-state index contributed by atoms with van der Waals surface area (Å²) in [5.74, 6) is -0.190. The van der Waals surface area contributed by atoms with Crippen LogP contribution in [0.5, 0.6) is 0 Å². The summed E-state index contributed by atoms with van der Waals surface area (Å²) < 4.78 is 37.2. The first kappa shape index (κ1) is 15.6. The lowest BCUT2D eigenvalue weighted by atomic mass is 10.1. The molecule has 1 aliphatic rings. The lowest BCUT2D eigenvalue weighted by molar-refractivity contribution is -0.137. The van der Waals surface area contributed by atoms with Crippen LogP contribution in [0.4, 0.5) is 13.2 Å². The van der Waals surface area contributed by atoms with Crippen molar-refractivity contribution < 1.29 is 23.1 Å². The molecule has 0 saturated heterocycles. The number of amides is 1. The molecule has 1 aromatic carbocycles. The maximum Gasteiger partial charge on any atom is 0.416 e. The van der Waals surface area contributed by atoms with Crippen LogP contribution in [0.1, 0.15) is 17.5 Å². The molecule has 3 nitrogen and oxygen atoms in total. The van der Waals surface area contributed by atoms with Gasteiger partial charge in [0, 0.05) is 18.6 Å². The van der Waals surface area contributed by atoms with Gasteiger partial charge in [-0.25, -0.2) is 0 Å². The molecule has 2 rings (SSSR count). The minimum Gasteiger partial charge on any atom is -0.396 e. The minimum absolute atomic E-state index is 0.0340. The molecule has 1 aliphatic carbocycles. The molecule has 1 amide bonds. The molecule has 0 spiro atoms. The highest BCUT2D eigenvalue weighted by molar-refractivity contribution is 5.79. The number of aliphatic hydroxyl groups excluding tert-OH is 1. The molecule has 0 aliphatic heterocycles. The molecule has 0 heterocycles. The number of hydrogen-bond acceptors (Lipinski definition) is 2. The number of rotatable bonds is 4. The predicted octanol–water partition coefficient (Wildman–Crippen LogP) is 2.30. The number of alkyl halides is 3. The quantitative estimate of drug-likeness (QED) is 0.838. The van der Waals surface area contributed by atoms with Gasteiger partial charge in [0.15, 0.2) is 0 Å². The second-order valence-corrected chi connectivity index (χ2v) is 5.11. The molecule has 0 radical (unpaired) electrons.